The summed E-state index contributed by atoms with van der Waals surface area (Å²) in [6, 6.07) is 0. The summed E-state index contributed by atoms with van der Waals surface area (Å²) >= 11 is 2.95. The first-order valence-corrected chi connectivity index (χ1v) is 3.91. The number of hydrogen-bond donors (Lipinski definition) is 0. The Morgan fingerprint density at radius 2 is 1.58 bits per heavy atom. The van der Waals surface area contributed by atoms with Crippen molar-refractivity contribution in [3.8, 4) is 0 Å². The highest BCUT2D eigenvalue weighted by Gasteiger charge is 2.16. The van der Waals surface area contributed by atoms with E-state index in [9.17, 15) is 9.59 Å². The van der Waals surface area contributed by atoms with Crippen molar-refractivity contribution in [2.24, 2.45) is 0 Å². The van der Waals surface area contributed by atoms with E-state index in [0.29, 0.717) is 0 Å². The number of ether oxygens (including phenoxy) is 2. The predicted molar refractivity (Wildman–Crippen MR) is 45.4 cm³/mol. The van der Waals surface area contributed by atoms with Crippen LogP contribution in [0.2, 0.25) is 0 Å². The Morgan fingerprint density at radius 3 is 1.75 bits per heavy atom. The van der Waals surface area contributed by atoms with Crippen molar-refractivity contribution >= 4 is 27.9 Å². The number of rotatable bonds is 3. The molecule has 0 aliphatic carbocycles. The van der Waals surface area contributed by atoms with Gasteiger partial charge in [0.25, 0.3) is 6.29 Å². The van der Waals surface area contributed by atoms with Gasteiger partial charge < -0.3 is 9.47 Å². The summed E-state index contributed by atoms with van der Waals surface area (Å²) < 4.78 is 9.47. The number of carbonyl (C=O) groups is 2. The molecule has 12 heavy (non-hydrogen) atoms. The molecule has 0 N–H and O–H groups in total. The minimum atomic E-state index is -1.04. The lowest BCUT2D eigenvalue weighted by Gasteiger charge is -2.14. The van der Waals surface area contributed by atoms with E-state index in [4.69, 9.17) is 0 Å². The molecule has 0 radical (unpaired) electrons. The zero-order valence-corrected chi connectivity index (χ0v) is 8.38. The van der Waals surface area contributed by atoms with Crippen molar-refractivity contribution in [3.05, 3.63) is 11.1 Å². The quantitative estimate of drug-likeness (QED) is 0.549. The fourth-order valence-corrected chi connectivity index (χ4v) is 0.640. The van der Waals surface area contributed by atoms with Crippen LogP contribution in [0.15, 0.2) is 11.1 Å². The van der Waals surface area contributed by atoms with Gasteiger partial charge in [0.05, 0.1) is 4.48 Å². The van der Waals surface area contributed by atoms with Gasteiger partial charge in [0, 0.05) is 13.8 Å². The lowest BCUT2D eigenvalue weighted by atomic mass is 10.6. The zero-order chi connectivity index (χ0) is 9.72. The number of esters is 2. The van der Waals surface area contributed by atoms with Crippen LogP contribution in [0.25, 0.3) is 0 Å². The molecule has 0 aliphatic heterocycles. The van der Waals surface area contributed by atoms with E-state index in [1.54, 1.807) is 0 Å². The Hall–Kier alpha value is -0.840. The van der Waals surface area contributed by atoms with E-state index in [-0.39, 0.29) is 4.48 Å². The monoisotopic (exact) mass is 236 g/mol. The van der Waals surface area contributed by atoms with Crippen LogP contribution in [-0.4, -0.2) is 18.2 Å². The Balaban J connectivity index is 4.14. The van der Waals surface area contributed by atoms with Gasteiger partial charge in [0.1, 0.15) is 0 Å². The maximum absolute atomic E-state index is 10.5. The molecule has 0 bridgehead atoms. The van der Waals surface area contributed by atoms with E-state index >= 15 is 0 Å². The van der Waals surface area contributed by atoms with Crippen LogP contribution < -0.4 is 0 Å². The minimum Gasteiger partial charge on any atom is -0.420 e. The predicted octanol–water partition coefficient (Wildman–Crippen LogP) is 1.35. The molecule has 0 unspecified atom stereocenters. The van der Waals surface area contributed by atoms with Crippen LogP contribution in [0.5, 0.6) is 0 Å². The van der Waals surface area contributed by atoms with Gasteiger partial charge in [0.15, 0.2) is 0 Å². The molecule has 0 saturated carbocycles. The van der Waals surface area contributed by atoms with Gasteiger partial charge in [-0.25, -0.2) is 0 Å². The van der Waals surface area contributed by atoms with Gasteiger partial charge in [-0.15, -0.1) is 0 Å². The highest BCUT2D eigenvalue weighted by Crippen LogP contribution is 2.13. The topological polar surface area (TPSA) is 52.6 Å². The summed E-state index contributed by atoms with van der Waals surface area (Å²) in [4.78, 5) is 20.9. The van der Waals surface area contributed by atoms with Gasteiger partial charge in [0.2, 0.25) is 0 Å². The third-order valence-electron chi connectivity index (χ3n) is 0.802. The number of halogens is 1. The van der Waals surface area contributed by atoms with Crippen LogP contribution in [0.3, 0.4) is 0 Å². The Labute approximate surface area is 78.7 Å². The van der Waals surface area contributed by atoms with E-state index in [1.165, 1.54) is 13.8 Å². The molecule has 0 heterocycles. The molecule has 0 spiro atoms. The molecule has 4 nitrogen and oxygen atoms in total. The Morgan fingerprint density at radius 1 is 1.25 bits per heavy atom. The summed E-state index contributed by atoms with van der Waals surface area (Å²) in [5.74, 6) is -1.08. The standard InChI is InChI=1S/C7H9BrO4/c1-4(8)7(11-5(2)9)12-6(3)10/h7H,1H2,2-3H3. The molecule has 0 aromatic rings. The Bertz CT molecular complexity index is 195. The van der Waals surface area contributed by atoms with Crippen molar-refractivity contribution in [3.63, 3.8) is 0 Å². The molecule has 0 atom stereocenters. The molecular weight excluding hydrogens is 228 g/mol. The maximum atomic E-state index is 10.5. The summed E-state index contributed by atoms with van der Waals surface area (Å²) in [5.41, 5.74) is 0. The SMILES string of the molecule is C=C(Br)C(OC(C)=O)OC(C)=O. The van der Waals surface area contributed by atoms with Crippen molar-refractivity contribution < 1.29 is 19.1 Å². The van der Waals surface area contributed by atoms with Crippen molar-refractivity contribution in [1.82, 2.24) is 0 Å². The van der Waals surface area contributed by atoms with Gasteiger partial charge in [-0.1, -0.05) is 6.58 Å². The molecule has 68 valence electrons. The fraction of sp³-hybridized carbons (Fsp3) is 0.429. The van der Waals surface area contributed by atoms with Gasteiger partial charge in [-0.2, -0.15) is 0 Å². The van der Waals surface area contributed by atoms with E-state index < -0.39 is 18.2 Å². The third-order valence-corrected chi connectivity index (χ3v) is 1.18. The van der Waals surface area contributed by atoms with Gasteiger partial charge in [-0.05, 0) is 15.9 Å². The molecular formula is C7H9BrO4. The summed E-state index contributed by atoms with van der Waals surface area (Å²) in [5, 5.41) is 0. The first kappa shape index (κ1) is 11.2. The van der Waals surface area contributed by atoms with Crippen molar-refractivity contribution in [2.45, 2.75) is 20.1 Å². The molecule has 0 aromatic heterocycles. The average Bonchev–Trinajstić information content (AvgIpc) is 1.83. The molecule has 0 aliphatic rings. The second-order valence-corrected chi connectivity index (χ2v) is 3.02. The molecule has 0 rings (SSSR count). The van der Waals surface area contributed by atoms with E-state index in [1.807, 2.05) is 0 Å². The average molecular weight is 237 g/mol. The smallest absolute Gasteiger partial charge is 0.305 e. The van der Waals surface area contributed by atoms with Gasteiger partial charge >= 0.3 is 11.9 Å². The molecule has 0 amide bonds. The number of carbonyl (C=O) groups excluding carboxylic acids is 2. The number of hydrogen-bond acceptors (Lipinski definition) is 4. The van der Waals surface area contributed by atoms with E-state index in [0.717, 1.165) is 0 Å². The van der Waals surface area contributed by atoms with Crippen LogP contribution in [0.1, 0.15) is 13.8 Å². The molecule has 0 aromatic carbocycles. The van der Waals surface area contributed by atoms with Crippen LogP contribution in [0.4, 0.5) is 0 Å². The Kier molecular flexibility index (Phi) is 4.58. The highest BCUT2D eigenvalue weighted by molar-refractivity contribution is 9.11. The summed E-state index contributed by atoms with van der Waals surface area (Å²) in [6.45, 7) is 5.85. The van der Waals surface area contributed by atoms with Crippen molar-refractivity contribution in [1.29, 1.82) is 0 Å². The molecule has 0 saturated heterocycles. The summed E-state index contributed by atoms with van der Waals surface area (Å²) in [6.07, 6.45) is -1.04. The summed E-state index contributed by atoms with van der Waals surface area (Å²) in [7, 11) is 0. The largest absolute Gasteiger partial charge is 0.420 e. The second kappa shape index (κ2) is 4.92. The third kappa shape index (κ3) is 4.90. The van der Waals surface area contributed by atoms with Crippen LogP contribution in [-0.2, 0) is 19.1 Å². The highest BCUT2D eigenvalue weighted by atomic mass is 79.9. The molecule has 5 heteroatoms. The minimum absolute atomic E-state index is 0.285. The second-order valence-electron chi connectivity index (χ2n) is 2.00. The molecule has 0 fully saturated rings. The van der Waals surface area contributed by atoms with E-state index in [2.05, 4.69) is 32.0 Å². The first-order valence-electron chi connectivity index (χ1n) is 3.12. The first-order chi connectivity index (χ1) is 5.43. The lowest BCUT2D eigenvalue weighted by Crippen LogP contribution is -2.22. The maximum Gasteiger partial charge on any atom is 0.305 e. The van der Waals surface area contributed by atoms with Crippen LogP contribution in [0, 0.1) is 0 Å². The van der Waals surface area contributed by atoms with Crippen molar-refractivity contribution in [2.75, 3.05) is 0 Å². The lowest BCUT2D eigenvalue weighted by molar-refractivity contribution is -0.176. The van der Waals surface area contributed by atoms with Gasteiger partial charge in [-0.3, -0.25) is 9.59 Å². The van der Waals surface area contributed by atoms with Crippen LogP contribution >= 0.6 is 15.9 Å². The zero-order valence-electron chi connectivity index (χ0n) is 6.80. The normalized spacial score (nSPS) is 9.33. The fourth-order valence-electron chi connectivity index (χ4n) is 0.453.